The lowest BCUT2D eigenvalue weighted by atomic mass is 10.2. The molecule has 1 heterocycles. The first kappa shape index (κ1) is 7.03. The fourth-order valence-electron chi connectivity index (χ4n) is 1.48. The zero-order chi connectivity index (χ0) is 6.69. The highest BCUT2D eigenvalue weighted by Crippen LogP contribution is 2.16. The summed E-state index contributed by atoms with van der Waals surface area (Å²) >= 11 is 0. The van der Waals surface area contributed by atoms with Crippen LogP contribution in [0.15, 0.2) is 0 Å². The molecule has 2 heteroatoms. The second-order valence-corrected chi connectivity index (χ2v) is 2.77. The van der Waals surface area contributed by atoms with Crippen LogP contribution >= 0.6 is 0 Å². The molecule has 53 valence electrons. The van der Waals surface area contributed by atoms with Crippen LogP contribution in [0, 0.1) is 0 Å². The molecule has 0 aromatic rings. The zero-order valence-electron chi connectivity index (χ0n) is 5.97. The van der Waals surface area contributed by atoms with Crippen molar-refractivity contribution in [3.63, 3.8) is 0 Å². The Bertz CT molecular complexity index is 85.0. The molecule has 0 spiro atoms. The lowest BCUT2D eigenvalue weighted by Crippen LogP contribution is -2.25. The first-order valence-corrected chi connectivity index (χ1v) is 3.63. The van der Waals surface area contributed by atoms with Gasteiger partial charge in [-0.3, -0.25) is 0 Å². The Hall–Kier alpha value is -0.0800. The molecule has 0 amide bonds. The van der Waals surface area contributed by atoms with E-state index in [-0.39, 0.29) is 6.61 Å². The summed E-state index contributed by atoms with van der Waals surface area (Å²) in [5.41, 5.74) is 0. The minimum atomic E-state index is 0.0923. The number of nitrogens with zero attached hydrogens (tertiary/aromatic N) is 1. The third-order valence-corrected chi connectivity index (χ3v) is 2.12. The molecule has 1 rings (SSSR count). The summed E-state index contributed by atoms with van der Waals surface area (Å²) in [6, 6.07) is 0.600. The molecule has 0 aromatic carbocycles. The first-order chi connectivity index (χ1) is 4.34. The third kappa shape index (κ3) is 1.66. The molecular formula is C7H14NO. The normalized spacial score (nSPS) is 29.3. The Labute approximate surface area is 56.5 Å². The molecule has 0 N–H and O–H groups in total. The van der Waals surface area contributed by atoms with E-state index in [0.717, 1.165) is 6.42 Å². The van der Waals surface area contributed by atoms with E-state index in [2.05, 4.69) is 11.9 Å². The van der Waals surface area contributed by atoms with E-state index in [1.165, 1.54) is 19.4 Å². The van der Waals surface area contributed by atoms with Gasteiger partial charge in [0, 0.05) is 6.04 Å². The van der Waals surface area contributed by atoms with E-state index in [1.54, 1.807) is 0 Å². The Morgan fingerprint density at radius 2 is 2.44 bits per heavy atom. The number of hydrogen-bond acceptors (Lipinski definition) is 1. The molecule has 1 aliphatic heterocycles. The van der Waals surface area contributed by atoms with E-state index in [9.17, 15) is 5.11 Å². The van der Waals surface area contributed by atoms with Crippen LogP contribution in [0.3, 0.4) is 0 Å². The van der Waals surface area contributed by atoms with Gasteiger partial charge in [0.2, 0.25) is 0 Å². The molecule has 0 saturated carbocycles. The van der Waals surface area contributed by atoms with Gasteiger partial charge in [-0.15, -0.1) is 0 Å². The SMILES string of the molecule is CN1CCCC1CC[O]. The molecule has 2 nitrogen and oxygen atoms in total. The Morgan fingerprint density at radius 3 is 2.89 bits per heavy atom. The molecule has 0 aromatic heterocycles. The van der Waals surface area contributed by atoms with Crippen LogP contribution in [0.5, 0.6) is 0 Å². The molecule has 1 aliphatic rings. The predicted molar refractivity (Wildman–Crippen MR) is 35.8 cm³/mol. The number of likely N-dealkylation sites (tertiary alicyclic amines) is 1. The number of hydrogen-bond donors (Lipinski definition) is 0. The molecule has 1 atom stereocenters. The lowest BCUT2D eigenvalue weighted by Gasteiger charge is -2.16. The maximum Gasteiger partial charge on any atom is 0.0837 e. The van der Waals surface area contributed by atoms with Crippen molar-refractivity contribution in [1.29, 1.82) is 0 Å². The summed E-state index contributed by atoms with van der Waals surface area (Å²) in [5.74, 6) is 0. The van der Waals surface area contributed by atoms with Crippen molar-refractivity contribution in [2.75, 3.05) is 20.2 Å². The summed E-state index contributed by atoms with van der Waals surface area (Å²) in [4.78, 5) is 2.29. The molecule has 9 heavy (non-hydrogen) atoms. The van der Waals surface area contributed by atoms with Gasteiger partial charge >= 0.3 is 0 Å². The monoisotopic (exact) mass is 128 g/mol. The van der Waals surface area contributed by atoms with Gasteiger partial charge < -0.3 is 4.90 Å². The van der Waals surface area contributed by atoms with E-state index in [4.69, 9.17) is 0 Å². The van der Waals surface area contributed by atoms with Crippen molar-refractivity contribution in [2.45, 2.75) is 25.3 Å². The zero-order valence-corrected chi connectivity index (χ0v) is 5.97. The maximum absolute atomic E-state index is 10.2. The minimum absolute atomic E-state index is 0.0923. The van der Waals surface area contributed by atoms with Gasteiger partial charge in [0.15, 0.2) is 0 Å². The predicted octanol–water partition coefficient (Wildman–Crippen LogP) is 0.901. The minimum Gasteiger partial charge on any atom is -0.303 e. The smallest absolute Gasteiger partial charge is 0.0837 e. The average molecular weight is 128 g/mol. The maximum atomic E-state index is 10.2. The highest BCUT2D eigenvalue weighted by Gasteiger charge is 2.19. The van der Waals surface area contributed by atoms with Gasteiger partial charge in [-0.2, -0.15) is 0 Å². The van der Waals surface area contributed by atoms with Crippen LogP contribution in [-0.2, 0) is 5.11 Å². The Morgan fingerprint density at radius 1 is 1.67 bits per heavy atom. The largest absolute Gasteiger partial charge is 0.303 e. The summed E-state index contributed by atoms with van der Waals surface area (Å²) in [7, 11) is 2.10. The van der Waals surface area contributed by atoms with Gasteiger partial charge in [0.1, 0.15) is 0 Å². The standard InChI is InChI=1S/C7H14NO/c1-8-5-2-3-7(8)4-6-9/h7H,2-6H2,1H3. The summed E-state index contributed by atoms with van der Waals surface area (Å²) in [6.45, 7) is 1.28. The highest BCUT2D eigenvalue weighted by molar-refractivity contribution is 4.75. The van der Waals surface area contributed by atoms with Gasteiger partial charge in [0.25, 0.3) is 0 Å². The summed E-state index contributed by atoms with van der Waals surface area (Å²) in [5, 5.41) is 10.2. The van der Waals surface area contributed by atoms with Gasteiger partial charge in [-0.25, -0.2) is 5.11 Å². The summed E-state index contributed by atoms with van der Waals surface area (Å²) < 4.78 is 0. The van der Waals surface area contributed by atoms with Crippen LogP contribution in [-0.4, -0.2) is 31.1 Å². The molecule has 0 bridgehead atoms. The lowest BCUT2D eigenvalue weighted by molar-refractivity contribution is 0.156. The van der Waals surface area contributed by atoms with Crippen molar-refractivity contribution in [3.8, 4) is 0 Å². The number of rotatable bonds is 2. The van der Waals surface area contributed by atoms with Gasteiger partial charge in [-0.05, 0) is 32.9 Å². The van der Waals surface area contributed by atoms with E-state index in [1.807, 2.05) is 0 Å². The molecule has 1 saturated heterocycles. The van der Waals surface area contributed by atoms with E-state index < -0.39 is 0 Å². The van der Waals surface area contributed by atoms with Gasteiger partial charge in [0.05, 0.1) is 6.61 Å². The second-order valence-electron chi connectivity index (χ2n) is 2.77. The van der Waals surface area contributed by atoms with Crippen LogP contribution in [0.25, 0.3) is 0 Å². The average Bonchev–Trinajstić information content (AvgIpc) is 2.18. The van der Waals surface area contributed by atoms with E-state index in [0.29, 0.717) is 6.04 Å². The molecule has 1 fully saturated rings. The van der Waals surface area contributed by atoms with Gasteiger partial charge in [-0.1, -0.05) is 0 Å². The van der Waals surface area contributed by atoms with Crippen molar-refractivity contribution in [2.24, 2.45) is 0 Å². The topological polar surface area (TPSA) is 23.1 Å². The fraction of sp³-hybridized carbons (Fsp3) is 1.00. The molecular weight excluding hydrogens is 114 g/mol. The van der Waals surface area contributed by atoms with Crippen LogP contribution in [0.1, 0.15) is 19.3 Å². The third-order valence-electron chi connectivity index (χ3n) is 2.12. The van der Waals surface area contributed by atoms with Crippen molar-refractivity contribution in [1.82, 2.24) is 4.90 Å². The van der Waals surface area contributed by atoms with E-state index >= 15 is 0 Å². The van der Waals surface area contributed by atoms with Crippen molar-refractivity contribution < 1.29 is 5.11 Å². The molecule has 0 aliphatic carbocycles. The Balaban J connectivity index is 2.22. The molecule has 1 unspecified atom stereocenters. The second kappa shape index (κ2) is 3.18. The van der Waals surface area contributed by atoms with Crippen LogP contribution in [0.4, 0.5) is 0 Å². The quantitative estimate of drug-likeness (QED) is 0.542. The molecule has 1 radical (unpaired) electrons. The summed E-state index contributed by atoms with van der Waals surface area (Å²) in [6.07, 6.45) is 3.36. The van der Waals surface area contributed by atoms with Crippen LogP contribution in [0.2, 0.25) is 0 Å². The fourth-order valence-corrected chi connectivity index (χ4v) is 1.48. The Kier molecular flexibility index (Phi) is 2.49. The highest BCUT2D eigenvalue weighted by atomic mass is 16.3. The van der Waals surface area contributed by atoms with Crippen molar-refractivity contribution in [3.05, 3.63) is 0 Å². The first-order valence-electron chi connectivity index (χ1n) is 3.63. The van der Waals surface area contributed by atoms with Crippen LogP contribution < -0.4 is 0 Å². The van der Waals surface area contributed by atoms with Crippen molar-refractivity contribution >= 4 is 0 Å².